The van der Waals surface area contributed by atoms with Crippen LogP contribution in [-0.2, 0) is 11.3 Å². The largest absolute Gasteiger partial charge is 0.468 e. The Balaban J connectivity index is 2.08. The van der Waals surface area contributed by atoms with E-state index in [2.05, 4.69) is 34.8 Å². The highest BCUT2D eigenvalue weighted by Gasteiger charge is 2.29. The highest BCUT2D eigenvalue weighted by molar-refractivity contribution is 6.56. The second-order valence-electron chi connectivity index (χ2n) is 6.27. The molecule has 2 amide bonds. The number of aromatic nitrogens is 2. The van der Waals surface area contributed by atoms with E-state index in [4.69, 9.17) is 23.2 Å². The quantitative estimate of drug-likeness (QED) is 0.288. The van der Waals surface area contributed by atoms with Gasteiger partial charge >= 0.3 is 24.4 Å². The SMILES string of the molecule is O=C(Nc1ccc(OC(F)=C(Cl)Cl)cc1)Nc1nc(COCC(F)(F)F)cc(OCC(F)(F)F)n1. The molecule has 2 N–H and O–H groups in total. The zero-order valence-corrected chi connectivity index (χ0v) is 18.4. The second-order valence-corrected chi connectivity index (χ2v) is 7.22. The van der Waals surface area contributed by atoms with Crippen LogP contribution in [0.3, 0.4) is 0 Å². The van der Waals surface area contributed by atoms with Crippen molar-refractivity contribution >= 4 is 40.9 Å². The van der Waals surface area contributed by atoms with Gasteiger partial charge in [0, 0.05) is 11.8 Å². The highest BCUT2D eigenvalue weighted by Crippen LogP contribution is 2.23. The van der Waals surface area contributed by atoms with Crippen LogP contribution in [-0.4, -0.2) is 41.6 Å². The number of hydrogen-bond donors (Lipinski definition) is 2. The van der Waals surface area contributed by atoms with Crippen LogP contribution in [0, 0.1) is 0 Å². The third-order valence-corrected chi connectivity index (χ3v) is 3.65. The Labute approximate surface area is 202 Å². The molecule has 2 aromatic rings. The number of nitrogens with zero attached hydrogens (tertiary/aromatic N) is 2. The number of nitrogens with one attached hydrogen (secondary N) is 2. The molecule has 1 aromatic heterocycles. The molecule has 0 aliphatic heterocycles. The average molecular weight is 553 g/mol. The smallest absolute Gasteiger partial charge is 0.422 e. The summed E-state index contributed by atoms with van der Waals surface area (Å²) in [6, 6.07) is 3.63. The molecule has 0 saturated heterocycles. The molecule has 1 heterocycles. The number of amides is 2. The van der Waals surface area contributed by atoms with Gasteiger partial charge < -0.3 is 19.5 Å². The lowest BCUT2D eigenvalue weighted by Gasteiger charge is -2.13. The lowest BCUT2D eigenvalue weighted by Crippen LogP contribution is -2.23. The molecule has 1 aromatic carbocycles. The van der Waals surface area contributed by atoms with Crippen molar-refractivity contribution in [3.8, 4) is 11.6 Å². The van der Waals surface area contributed by atoms with Crippen molar-refractivity contribution in [1.29, 1.82) is 0 Å². The Morgan fingerprint density at radius 1 is 0.943 bits per heavy atom. The Hall–Kier alpha value is -3.04. The van der Waals surface area contributed by atoms with E-state index >= 15 is 0 Å². The minimum Gasteiger partial charge on any atom is -0.468 e. The summed E-state index contributed by atoms with van der Waals surface area (Å²) < 4.78 is 100. The van der Waals surface area contributed by atoms with E-state index < -0.39 is 60.5 Å². The van der Waals surface area contributed by atoms with E-state index in [-0.39, 0.29) is 17.1 Å². The molecule has 2 rings (SSSR count). The summed E-state index contributed by atoms with van der Waals surface area (Å²) in [5, 5.41) is 4.40. The molecule has 35 heavy (non-hydrogen) atoms. The predicted molar refractivity (Wildman–Crippen MR) is 109 cm³/mol. The maximum Gasteiger partial charge on any atom is 0.422 e. The third kappa shape index (κ3) is 11.3. The van der Waals surface area contributed by atoms with Crippen LogP contribution < -0.4 is 20.1 Å². The van der Waals surface area contributed by atoms with Gasteiger partial charge in [0.2, 0.25) is 11.8 Å². The van der Waals surface area contributed by atoms with Crippen molar-refractivity contribution in [1.82, 2.24) is 9.97 Å². The summed E-state index contributed by atoms with van der Waals surface area (Å²) in [7, 11) is 0. The lowest BCUT2D eigenvalue weighted by molar-refractivity contribution is -0.176. The zero-order valence-electron chi connectivity index (χ0n) is 16.9. The molecule has 0 spiro atoms. The monoisotopic (exact) mass is 552 g/mol. The number of benzene rings is 1. The first-order chi connectivity index (χ1) is 16.2. The lowest BCUT2D eigenvalue weighted by atomic mass is 10.3. The Bertz CT molecular complexity index is 1050. The first-order valence-corrected chi connectivity index (χ1v) is 9.74. The molecule has 17 heteroatoms. The Morgan fingerprint density at radius 3 is 2.14 bits per heavy atom. The van der Waals surface area contributed by atoms with Gasteiger partial charge in [-0.15, -0.1) is 0 Å². The summed E-state index contributed by atoms with van der Waals surface area (Å²) in [6.45, 7) is -4.16. The van der Waals surface area contributed by atoms with E-state index in [9.17, 15) is 35.5 Å². The van der Waals surface area contributed by atoms with Gasteiger partial charge in [0.05, 0.1) is 12.3 Å². The van der Waals surface area contributed by atoms with Crippen LogP contribution in [0.15, 0.2) is 40.8 Å². The van der Waals surface area contributed by atoms with Crippen molar-refractivity contribution < 1.29 is 49.7 Å². The number of carbonyl (C=O) groups excluding carboxylic acids is 1. The van der Waals surface area contributed by atoms with Gasteiger partial charge in [-0.3, -0.25) is 5.32 Å². The average Bonchev–Trinajstić information content (AvgIpc) is 2.72. The number of ether oxygens (including phenoxy) is 3. The highest BCUT2D eigenvalue weighted by atomic mass is 35.5. The van der Waals surface area contributed by atoms with E-state index in [1.54, 1.807) is 0 Å². The summed E-state index contributed by atoms with van der Waals surface area (Å²) in [5.41, 5.74) is -0.152. The molecular weight excluding hydrogens is 540 g/mol. The van der Waals surface area contributed by atoms with Crippen molar-refractivity contribution in [2.45, 2.75) is 19.0 Å². The molecule has 192 valence electrons. The van der Waals surface area contributed by atoms with Crippen LogP contribution in [0.5, 0.6) is 11.6 Å². The predicted octanol–water partition coefficient (Wildman–Crippen LogP) is 6.09. The van der Waals surface area contributed by atoms with Crippen molar-refractivity contribution in [3.05, 3.63) is 46.5 Å². The fourth-order valence-electron chi connectivity index (χ4n) is 2.12. The van der Waals surface area contributed by atoms with Gasteiger partial charge in [-0.2, -0.15) is 35.7 Å². The van der Waals surface area contributed by atoms with Gasteiger partial charge in [0.15, 0.2) is 11.1 Å². The molecule has 0 saturated carbocycles. The number of carbonyl (C=O) groups is 1. The number of rotatable bonds is 9. The number of halogens is 9. The molecule has 0 bridgehead atoms. The van der Waals surface area contributed by atoms with E-state index in [1.165, 1.54) is 24.3 Å². The molecule has 0 radical (unpaired) electrons. The standard InChI is InChI=1S/C18H13Cl2F7N4O4/c19-13(20)14(21)35-11-3-1-9(2-4-11)29-16(32)31-15-28-10(6-33-7-17(22,23)24)5-12(30-15)34-8-18(25,26)27/h1-5H,6-8H2,(H2,28,29,30,31,32). The van der Waals surface area contributed by atoms with Gasteiger partial charge in [-0.1, -0.05) is 23.2 Å². The molecule has 0 atom stereocenters. The summed E-state index contributed by atoms with van der Waals surface area (Å²) >= 11 is 10.4. The number of urea groups is 1. The summed E-state index contributed by atoms with van der Waals surface area (Å²) in [5.74, 6) is -1.28. The number of anilines is 2. The summed E-state index contributed by atoms with van der Waals surface area (Å²) in [4.78, 5) is 19.5. The molecule has 0 unspecified atom stereocenters. The van der Waals surface area contributed by atoms with Crippen LogP contribution in [0.25, 0.3) is 0 Å². The number of hydrogen-bond acceptors (Lipinski definition) is 6. The fourth-order valence-corrected chi connectivity index (χ4v) is 2.19. The number of alkyl halides is 6. The zero-order chi connectivity index (χ0) is 26.2. The fraction of sp³-hybridized carbons (Fsp3) is 0.278. The van der Waals surface area contributed by atoms with Gasteiger partial charge in [-0.05, 0) is 24.3 Å². The maximum absolute atomic E-state index is 13.2. The topological polar surface area (TPSA) is 94.6 Å². The van der Waals surface area contributed by atoms with Gasteiger partial charge in [-0.25, -0.2) is 9.78 Å². The first-order valence-electron chi connectivity index (χ1n) is 8.99. The van der Waals surface area contributed by atoms with Crippen LogP contribution in [0.4, 0.5) is 47.2 Å². The minimum atomic E-state index is -4.73. The Morgan fingerprint density at radius 2 is 1.57 bits per heavy atom. The van der Waals surface area contributed by atoms with Gasteiger partial charge in [0.1, 0.15) is 12.4 Å². The molecule has 0 aliphatic rings. The molecule has 0 fully saturated rings. The van der Waals surface area contributed by atoms with E-state index in [0.717, 1.165) is 6.07 Å². The minimum absolute atomic E-state index is 0.0198. The van der Waals surface area contributed by atoms with Crippen molar-refractivity contribution in [2.75, 3.05) is 23.8 Å². The van der Waals surface area contributed by atoms with E-state index in [0.29, 0.717) is 0 Å². The van der Waals surface area contributed by atoms with Gasteiger partial charge in [0.25, 0.3) is 0 Å². The second kappa shape index (κ2) is 12.1. The van der Waals surface area contributed by atoms with Crippen LogP contribution in [0.1, 0.15) is 5.69 Å². The van der Waals surface area contributed by atoms with Crippen LogP contribution >= 0.6 is 23.2 Å². The maximum atomic E-state index is 13.2. The molecular formula is C18H13Cl2F7N4O4. The van der Waals surface area contributed by atoms with Crippen molar-refractivity contribution in [2.24, 2.45) is 0 Å². The summed E-state index contributed by atoms with van der Waals surface area (Å²) in [6.07, 6.45) is -9.38. The first kappa shape index (κ1) is 28.2. The molecule has 8 nitrogen and oxygen atoms in total. The third-order valence-electron chi connectivity index (χ3n) is 3.35. The van der Waals surface area contributed by atoms with E-state index in [1.807, 2.05) is 0 Å². The normalized spacial score (nSPS) is 11.6. The Kier molecular flexibility index (Phi) is 9.73. The molecule has 0 aliphatic carbocycles. The van der Waals surface area contributed by atoms with Crippen LogP contribution in [0.2, 0.25) is 0 Å². The van der Waals surface area contributed by atoms with Crippen molar-refractivity contribution in [3.63, 3.8) is 0 Å².